The fraction of sp³-hybridized carbons (Fsp3) is 0.400. The Kier molecular flexibility index (Phi) is 3.91. The molecule has 0 bridgehead atoms. The van der Waals surface area contributed by atoms with Crippen LogP contribution in [0.4, 0.5) is 11.4 Å². The summed E-state index contributed by atoms with van der Waals surface area (Å²) in [5, 5.41) is 11.2. The third-order valence-corrected chi connectivity index (χ3v) is 2.47. The van der Waals surface area contributed by atoms with E-state index in [1.807, 2.05) is 18.7 Å². The van der Waals surface area contributed by atoms with Gasteiger partial charge >= 0.3 is 0 Å². The van der Waals surface area contributed by atoms with Gasteiger partial charge in [0.25, 0.3) is 5.69 Å². The van der Waals surface area contributed by atoms with Crippen LogP contribution in [0.25, 0.3) is 0 Å². The smallest absolute Gasteiger partial charge is 0.294 e. The van der Waals surface area contributed by atoms with Crippen LogP contribution in [0.1, 0.15) is 13.8 Å². The lowest BCUT2D eigenvalue weighted by molar-refractivity contribution is -0.384. The van der Waals surface area contributed by atoms with Crippen molar-refractivity contribution < 1.29 is 4.92 Å². The van der Waals surface area contributed by atoms with E-state index in [4.69, 9.17) is 11.6 Å². The van der Waals surface area contributed by atoms with Gasteiger partial charge in [-0.15, -0.1) is 0 Å². The van der Waals surface area contributed by atoms with E-state index >= 15 is 0 Å². The van der Waals surface area contributed by atoms with Crippen molar-refractivity contribution in [3.8, 4) is 0 Å². The molecule has 15 heavy (non-hydrogen) atoms. The number of rotatable bonds is 4. The summed E-state index contributed by atoms with van der Waals surface area (Å²) in [6.45, 7) is 5.39. The first-order chi connectivity index (χ1) is 7.10. The highest BCUT2D eigenvalue weighted by molar-refractivity contribution is 6.30. The lowest BCUT2D eigenvalue weighted by Crippen LogP contribution is -2.22. The van der Waals surface area contributed by atoms with Gasteiger partial charge in [-0.1, -0.05) is 11.6 Å². The van der Waals surface area contributed by atoms with Crippen molar-refractivity contribution in [1.82, 2.24) is 0 Å². The van der Waals surface area contributed by atoms with Crippen LogP contribution in [0, 0.1) is 10.1 Å². The molecule has 1 aromatic rings. The molecule has 0 aromatic heterocycles. The molecule has 0 atom stereocenters. The highest BCUT2D eigenvalue weighted by Gasteiger charge is 2.17. The molecule has 5 heteroatoms. The minimum absolute atomic E-state index is 0.0613. The maximum Gasteiger partial charge on any atom is 0.294 e. The third-order valence-electron chi connectivity index (χ3n) is 2.24. The lowest BCUT2D eigenvalue weighted by Gasteiger charge is -2.20. The molecular formula is C10H13ClN2O2. The van der Waals surface area contributed by atoms with Gasteiger partial charge in [-0.05, 0) is 26.0 Å². The Labute approximate surface area is 93.6 Å². The van der Waals surface area contributed by atoms with Crippen LogP contribution in [0.5, 0.6) is 0 Å². The third kappa shape index (κ3) is 2.59. The molecule has 0 radical (unpaired) electrons. The molecule has 0 fully saturated rings. The van der Waals surface area contributed by atoms with Crippen LogP contribution in [-0.4, -0.2) is 18.0 Å². The zero-order valence-electron chi connectivity index (χ0n) is 8.74. The number of nitro groups is 1. The second-order valence-corrected chi connectivity index (χ2v) is 3.50. The van der Waals surface area contributed by atoms with Crippen LogP contribution < -0.4 is 4.90 Å². The van der Waals surface area contributed by atoms with E-state index < -0.39 is 4.92 Å². The normalized spacial score (nSPS) is 10.1. The van der Waals surface area contributed by atoms with Crippen LogP contribution in [0.15, 0.2) is 18.2 Å². The van der Waals surface area contributed by atoms with Gasteiger partial charge in [0.15, 0.2) is 0 Å². The summed E-state index contributed by atoms with van der Waals surface area (Å²) < 4.78 is 0. The first kappa shape index (κ1) is 11.8. The standard InChI is InChI=1S/C10H13ClN2O2/c1-3-12(4-2)9-6-5-8(11)7-10(9)13(14)15/h5-7H,3-4H2,1-2H3. The maximum absolute atomic E-state index is 10.8. The van der Waals surface area contributed by atoms with Gasteiger partial charge in [0, 0.05) is 24.2 Å². The molecule has 0 unspecified atom stereocenters. The van der Waals surface area contributed by atoms with Gasteiger partial charge < -0.3 is 4.90 Å². The Morgan fingerprint density at radius 3 is 2.47 bits per heavy atom. The summed E-state index contributed by atoms with van der Waals surface area (Å²) in [4.78, 5) is 12.4. The molecule has 0 aliphatic carbocycles. The minimum Gasteiger partial charge on any atom is -0.367 e. The van der Waals surface area contributed by atoms with E-state index in [9.17, 15) is 10.1 Å². The van der Waals surface area contributed by atoms with Crippen molar-refractivity contribution >= 4 is 23.0 Å². The van der Waals surface area contributed by atoms with Crippen molar-refractivity contribution in [3.63, 3.8) is 0 Å². The highest BCUT2D eigenvalue weighted by Crippen LogP contribution is 2.30. The summed E-state index contributed by atoms with van der Waals surface area (Å²) in [5.41, 5.74) is 0.681. The molecule has 1 aromatic carbocycles. The van der Waals surface area contributed by atoms with E-state index in [2.05, 4.69) is 0 Å². The molecule has 0 spiro atoms. The Morgan fingerprint density at radius 1 is 1.40 bits per heavy atom. The fourth-order valence-corrected chi connectivity index (χ4v) is 1.64. The van der Waals surface area contributed by atoms with Gasteiger partial charge in [-0.3, -0.25) is 10.1 Å². The van der Waals surface area contributed by atoms with Crippen molar-refractivity contribution in [3.05, 3.63) is 33.3 Å². The van der Waals surface area contributed by atoms with Gasteiger partial charge in [0.2, 0.25) is 0 Å². The topological polar surface area (TPSA) is 46.4 Å². The largest absolute Gasteiger partial charge is 0.367 e. The predicted octanol–water partition coefficient (Wildman–Crippen LogP) is 3.09. The molecule has 4 nitrogen and oxygen atoms in total. The van der Waals surface area contributed by atoms with Crippen LogP contribution >= 0.6 is 11.6 Å². The summed E-state index contributed by atoms with van der Waals surface area (Å²) in [6, 6.07) is 4.74. The van der Waals surface area contributed by atoms with E-state index in [1.165, 1.54) is 6.07 Å². The van der Waals surface area contributed by atoms with E-state index in [-0.39, 0.29) is 5.69 Å². The van der Waals surface area contributed by atoms with Gasteiger partial charge in [0.05, 0.1) is 4.92 Å². The number of nitro benzene ring substituents is 1. The van der Waals surface area contributed by atoms with Crippen LogP contribution in [-0.2, 0) is 0 Å². The summed E-state index contributed by atoms with van der Waals surface area (Å²) in [5.74, 6) is 0. The fourth-order valence-electron chi connectivity index (χ4n) is 1.47. The number of anilines is 1. The quantitative estimate of drug-likeness (QED) is 0.588. The second-order valence-electron chi connectivity index (χ2n) is 3.06. The number of benzene rings is 1. The van der Waals surface area contributed by atoms with Crippen molar-refractivity contribution in [2.45, 2.75) is 13.8 Å². The molecule has 0 heterocycles. The first-order valence-corrected chi connectivity index (χ1v) is 5.16. The molecular weight excluding hydrogens is 216 g/mol. The number of halogens is 1. The van der Waals surface area contributed by atoms with E-state index in [1.54, 1.807) is 12.1 Å². The monoisotopic (exact) mass is 228 g/mol. The number of nitrogens with zero attached hydrogens (tertiary/aromatic N) is 2. The SMILES string of the molecule is CCN(CC)c1ccc(Cl)cc1[N+](=O)[O-]. The minimum atomic E-state index is -0.403. The van der Waals surface area contributed by atoms with E-state index in [0.29, 0.717) is 10.7 Å². The number of hydrogen-bond acceptors (Lipinski definition) is 3. The van der Waals surface area contributed by atoms with Crippen molar-refractivity contribution in [2.75, 3.05) is 18.0 Å². The average molecular weight is 229 g/mol. The molecule has 1 rings (SSSR count). The van der Waals surface area contributed by atoms with Gasteiger partial charge in [0.1, 0.15) is 5.69 Å². The molecule has 0 aliphatic heterocycles. The van der Waals surface area contributed by atoms with E-state index in [0.717, 1.165) is 13.1 Å². The Morgan fingerprint density at radius 2 is 2.00 bits per heavy atom. The van der Waals surface area contributed by atoms with Crippen LogP contribution in [0.3, 0.4) is 0 Å². The molecule has 82 valence electrons. The highest BCUT2D eigenvalue weighted by atomic mass is 35.5. The Balaban J connectivity index is 3.21. The van der Waals surface area contributed by atoms with Crippen LogP contribution in [0.2, 0.25) is 5.02 Å². The molecule has 0 N–H and O–H groups in total. The summed E-state index contributed by atoms with van der Waals surface area (Å²) in [7, 11) is 0. The molecule has 0 amide bonds. The zero-order chi connectivity index (χ0) is 11.4. The maximum atomic E-state index is 10.8. The van der Waals surface area contributed by atoms with Gasteiger partial charge in [-0.25, -0.2) is 0 Å². The zero-order valence-corrected chi connectivity index (χ0v) is 9.49. The van der Waals surface area contributed by atoms with Crippen molar-refractivity contribution in [2.24, 2.45) is 0 Å². The average Bonchev–Trinajstić information content (AvgIpc) is 2.21. The first-order valence-electron chi connectivity index (χ1n) is 4.79. The molecule has 0 saturated carbocycles. The molecule has 0 aliphatic rings. The van der Waals surface area contributed by atoms with Gasteiger partial charge in [-0.2, -0.15) is 0 Å². The number of hydrogen-bond donors (Lipinski definition) is 0. The Hall–Kier alpha value is -1.29. The van der Waals surface area contributed by atoms with Crippen molar-refractivity contribution in [1.29, 1.82) is 0 Å². The predicted molar refractivity (Wildman–Crippen MR) is 61.7 cm³/mol. The summed E-state index contributed by atoms with van der Waals surface area (Å²) in [6.07, 6.45) is 0. The lowest BCUT2D eigenvalue weighted by atomic mass is 10.2. The molecule has 0 saturated heterocycles. The second kappa shape index (κ2) is 4.98. The summed E-state index contributed by atoms with van der Waals surface area (Å²) >= 11 is 5.73. The Bertz CT molecular complexity index is 364.